The van der Waals surface area contributed by atoms with Gasteiger partial charge in [-0.3, -0.25) is 4.79 Å². The Morgan fingerprint density at radius 3 is 2.91 bits per heavy atom. The van der Waals surface area contributed by atoms with Gasteiger partial charge in [0.05, 0.1) is 6.54 Å². The lowest BCUT2D eigenvalue weighted by Crippen LogP contribution is -2.43. The van der Waals surface area contributed by atoms with Crippen LogP contribution in [0.25, 0.3) is 0 Å². The van der Waals surface area contributed by atoms with E-state index in [1.54, 1.807) is 0 Å². The molecule has 1 amide bonds. The van der Waals surface area contributed by atoms with E-state index in [0.717, 1.165) is 0 Å². The quantitative estimate of drug-likeness (QED) is 0.503. The summed E-state index contributed by atoms with van der Waals surface area (Å²) >= 11 is 0. The van der Waals surface area contributed by atoms with Gasteiger partial charge in [0, 0.05) is 12.5 Å². The molecule has 2 aliphatic rings. The monoisotopic (exact) mass is 162 g/mol. The summed E-state index contributed by atoms with van der Waals surface area (Å²) in [5.74, 6) is -3.05. The summed E-state index contributed by atoms with van der Waals surface area (Å²) in [7, 11) is 0. The second-order valence-electron chi connectivity index (χ2n) is 3.00. The van der Waals surface area contributed by atoms with Gasteiger partial charge in [-0.05, 0) is 0 Å². The Balaban J connectivity index is 2.19. The summed E-state index contributed by atoms with van der Waals surface area (Å²) < 4.78 is 25.6. The van der Waals surface area contributed by atoms with Crippen molar-refractivity contribution in [3.05, 3.63) is 0 Å². The van der Waals surface area contributed by atoms with Crippen LogP contribution in [0.4, 0.5) is 8.78 Å². The van der Waals surface area contributed by atoms with Crippen LogP contribution in [0.2, 0.25) is 0 Å². The number of carbonyl (C=O) groups is 1. The number of amides is 1. The number of nitrogens with one attached hydrogen (secondary N) is 2. The minimum atomic E-state index is -2.77. The number of halogens is 2. The van der Waals surface area contributed by atoms with Crippen LogP contribution in [0.3, 0.4) is 0 Å². The molecule has 2 fully saturated rings. The first kappa shape index (κ1) is 6.97. The molecule has 0 saturated carbocycles. The van der Waals surface area contributed by atoms with Crippen molar-refractivity contribution in [2.75, 3.05) is 6.54 Å². The Labute approximate surface area is 62.1 Å². The lowest BCUT2D eigenvalue weighted by molar-refractivity contribution is -0.121. The van der Waals surface area contributed by atoms with Gasteiger partial charge in [-0.15, -0.1) is 0 Å². The summed E-state index contributed by atoms with van der Waals surface area (Å²) in [6, 6.07) is -1.34. The van der Waals surface area contributed by atoms with Crippen LogP contribution in [0.15, 0.2) is 0 Å². The van der Waals surface area contributed by atoms with Crippen LogP contribution < -0.4 is 10.6 Å². The van der Waals surface area contributed by atoms with Gasteiger partial charge in [0.1, 0.15) is 6.04 Å². The van der Waals surface area contributed by atoms with Gasteiger partial charge in [-0.2, -0.15) is 0 Å². The number of rotatable bonds is 0. The Morgan fingerprint density at radius 2 is 2.27 bits per heavy atom. The zero-order valence-electron chi connectivity index (χ0n) is 5.73. The summed E-state index contributed by atoms with van der Waals surface area (Å²) in [5, 5.41) is 4.86. The maximum atomic E-state index is 12.8. The molecule has 0 radical (unpaired) electrons. The third-order valence-electron chi connectivity index (χ3n) is 2.18. The van der Waals surface area contributed by atoms with Crippen LogP contribution in [0, 0.1) is 0 Å². The molecule has 2 saturated heterocycles. The van der Waals surface area contributed by atoms with Gasteiger partial charge in [0.15, 0.2) is 0 Å². The number of hydrogen-bond donors (Lipinski definition) is 2. The molecule has 2 N–H and O–H groups in total. The standard InChI is InChI=1S/C6H8F2N2O/c7-6(8)2-9-3-1-4(11)10-5(3)6/h3,5,9H,1-2H2,(H,10,11)/t3-,5+/m0/s1. The second kappa shape index (κ2) is 1.91. The predicted octanol–water partition coefficient (Wildman–Crippen LogP) is -0.518. The Morgan fingerprint density at radius 1 is 1.55 bits per heavy atom. The van der Waals surface area contributed by atoms with Crippen LogP contribution in [-0.4, -0.2) is 30.5 Å². The molecule has 2 aliphatic heterocycles. The average molecular weight is 162 g/mol. The number of fused-ring (bicyclic) bond motifs is 1. The molecule has 0 aliphatic carbocycles. The van der Waals surface area contributed by atoms with Crippen molar-refractivity contribution >= 4 is 5.91 Å². The Kier molecular flexibility index (Phi) is 1.21. The Bertz CT molecular complexity index is 207. The zero-order valence-corrected chi connectivity index (χ0v) is 5.73. The molecular weight excluding hydrogens is 154 g/mol. The van der Waals surface area contributed by atoms with Gasteiger partial charge >= 0.3 is 0 Å². The predicted molar refractivity (Wildman–Crippen MR) is 33.3 cm³/mol. The van der Waals surface area contributed by atoms with Crippen molar-refractivity contribution in [2.24, 2.45) is 0 Å². The van der Waals surface area contributed by atoms with E-state index in [0.29, 0.717) is 0 Å². The van der Waals surface area contributed by atoms with E-state index in [-0.39, 0.29) is 24.9 Å². The largest absolute Gasteiger partial charge is 0.346 e. The fraction of sp³-hybridized carbons (Fsp3) is 0.833. The second-order valence-corrected chi connectivity index (χ2v) is 3.00. The lowest BCUT2D eigenvalue weighted by atomic mass is 10.1. The third-order valence-corrected chi connectivity index (χ3v) is 2.18. The van der Waals surface area contributed by atoms with Crippen molar-refractivity contribution in [3.8, 4) is 0 Å². The fourth-order valence-electron chi connectivity index (χ4n) is 1.62. The molecule has 62 valence electrons. The van der Waals surface area contributed by atoms with Crippen molar-refractivity contribution in [2.45, 2.75) is 24.4 Å². The first-order valence-electron chi connectivity index (χ1n) is 3.50. The SMILES string of the molecule is O=C1C[C@@H]2NCC(F)(F)[C@@H]2N1. The molecule has 11 heavy (non-hydrogen) atoms. The van der Waals surface area contributed by atoms with E-state index in [1.807, 2.05) is 0 Å². The topological polar surface area (TPSA) is 41.1 Å². The molecule has 0 unspecified atom stereocenters. The van der Waals surface area contributed by atoms with E-state index < -0.39 is 12.0 Å². The molecule has 2 heterocycles. The highest BCUT2D eigenvalue weighted by Crippen LogP contribution is 2.30. The molecule has 0 aromatic rings. The highest BCUT2D eigenvalue weighted by atomic mass is 19.3. The molecular formula is C6H8F2N2O. The van der Waals surface area contributed by atoms with E-state index in [9.17, 15) is 13.6 Å². The molecule has 0 aromatic carbocycles. The van der Waals surface area contributed by atoms with E-state index in [1.165, 1.54) is 0 Å². The fourth-order valence-corrected chi connectivity index (χ4v) is 1.62. The van der Waals surface area contributed by atoms with E-state index in [4.69, 9.17) is 0 Å². The number of carbonyl (C=O) groups excluding carboxylic acids is 1. The molecule has 5 heteroatoms. The normalized spacial score (nSPS) is 40.4. The molecule has 0 bridgehead atoms. The van der Waals surface area contributed by atoms with Crippen molar-refractivity contribution in [3.63, 3.8) is 0 Å². The maximum Gasteiger partial charge on any atom is 0.281 e. The molecule has 2 atom stereocenters. The zero-order chi connectivity index (χ0) is 8.06. The van der Waals surface area contributed by atoms with E-state index >= 15 is 0 Å². The van der Waals surface area contributed by atoms with E-state index in [2.05, 4.69) is 10.6 Å². The summed E-state index contributed by atoms with van der Waals surface area (Å²) in [4.78, 5) is 10.7. The van der Waals surface area contributed by atoms with Crippen LogP contribution in [0.5, 0.6) is 0 Å². The average Bonchev–Trinajstić information content (AvgIpc) is 2.35. The molecule has 2 rings (SSSR count). The maximum absolute atomic E-state index is 12.8. The summed E-state index contributed by atoms with van der Waals surface area (Å²) in [6.07, 6.45) is 0.181. The van der Waals surface area contributed by atoms with Gasteiger partial charge in [0.2, 0.25) is 5.91 Å². The first-order valence-corrected chi connectivity index (χ1v) is 3.50. The van der Waals surface area contributed by atoms with Gasteiger partial charge < -0.3 is 10.6 Å². The highest BCUT2D eigenvalue weighted by Gasteiger charge is 2.54. The van der Waals surface area contributed by atoms with Gasteiger partial charge in [-0.25, -0.2) is 8.78 Å². The molecule has 0 aromatic heterocycles. The summed E-state index contributed by atoms with van der Waals surface area (Å²) in [6.45, 7) is -0.317. The van der Waals surface area contributed by atoms with Crippen molar-refractivity contribution < 1.29 is 13.6 Å². The smallest absolute Gasteiger partial charge is 0.281 e. The van der Waals surface area contributed by atoms with Crippen LogP contribution >= 0.6 is 0 Å². The summed E-state index contributed by atoms with van der Waals surface area (Å²) in [5.41, 5.74) is 0. The highest BCUT2D eigenvalue weighted by molar-refractivity contribution is 5.80. The van der Waals surface area contributed by atoms with Crippen LogP contribution in [0.1, 0.15) is 6.42 Å². The molecule has 0 spiro atoms. The Hall–Kier alpha value is -0.710. The minimum Gasteiger partial charge on any atom is -0.346 e. The number of hydrogen-bond acceptors (Lipinski definition) is 2. The van der Waals surface area contributed by atoms with Crippen molar-refractivity contribution in [1.29, 1.82) is 0 Å². The lowest BCUT2D eigenvalue weighted by Gasteiger charge is -2.15. The van der Waals surface area contributed by atoms with Gasteiger partial charge in [0.25, 0.3) is 5.92 Å². The third kappa shape index (κ3) is 0.910. The van der Waals surface area contributed by atoms with Gasteiger partial charge in [-0.1, -0.05) is 0 Å². The minimum absolute atomic E-state index is 0.181. The number of alkyl halides is 2. The van der Waals surface area contributed by atoms with Crippen molar-refractivity contribution in [1.82, 2.24) is 10.6 Å². The van der Waals surface area contributed by atoms with Crippen LogP contribution in [-0.2, 0) is 4.79 Å². The molecule has 3 nitrogen and oxygen atoms in total. The first-order chi connectivity index (χ1) is 5.09.